The molecule has 0 spiro atoms. The molecule has 6 heteroatoms. The fourth-order valence-electron chi connectivity index (χ4n) is 2.59. The molecular weight excluding hydrogens is 294 g/mol. The molecule has 1 aromatic carbocycles. The lowest BCUT2D eigenvalue weighted by molar-refractivity contribution is 0.0692. The van der Waals surface area contributed by atoms with Crippen molar-refractivity contribution in [1.29, 1.82) is 0 Å². The molecule has 6 nitrogen and oxygen atoms in total. The van der Waals surface area contributed by atoms with Gasteiger partial charge in [0.1, 0.15) is 22.7 Å². The van der Waals surface area contributed by atoms with Crippen LogP contribution in [-0.2, 0) is 0 Å². The van der Waals surface area contributed by atoms with Crippen LogP contribution in [0.3, 0.4) is 0 Å². The number of carbonyl (C=O) groups is 1. The number of pyridine rings is 1. The van der Waals surface area contributed by atoms with Gasteiger partial charge in [0.05, 0.1) is 12.3 Å². The van der Waals surface area contributed by atoms with Crippen LogP contribution in [0.15, 0.2) is 30.5 Å². The van der Waals surface area contributed by atoms with E-state index in [0.29, 0.717) is 12.4 Å². The third kappa shape index (κ3) is 2.63. The number of carboxylic acid groups (broad SMARTS) is 1. The summed E-state index contributed by atoms with van der Waals surface area (Å²) in [5.41, 5.74) is 3.50. The molecule has 0 fully saturated rings. The van der Waals surface area contributed by atoms with Crippen molar-refractivity contribution in [2.24, 2.45) is 0 Å². The minimum Gasteiger partial charge on any atom is -0.493 e. The van der Waals surface area contributed by atoms with Gasteiger partial charge in [-0.2, -0.15) is 0 Å². The average Bonchev–Trinajstić information content (AvgIpc) is 2.82. The van der Waals surface area contributed by atoms with Crippen molar-refractivity contribution in [3.8, 4) is 11.4 Å². The van der Waals surface area contributed by atoms with Gasteiger partial charge in [-0.3, -0.25) is 4.57 Å². The molecule has 0 saturated heterocycles. The van der Waals surface area contributed by atoms with Crippen LogP contribution in [0.4, 0.5) is 0 Å². The molecule has 118 valence electrons. The maximum Gasteiger partial charge on any atom is 0.339 e. The van der Waals surface area contributed by atoms with Crippen molar-refractivity contribution < 1.29 is 14.6 Å². The second-order valence-corrected chi connectivity index (χ2v) is 5.27. The second-order valence-electron chi connectivity index (χ2n) is 5.27. The maximum atomic E-state index is 11.3. The van der Waals surface area contributed by atoms with Gasteiger partial charge in [-0.05, 0) is 44.5 Å². The van der Waals surface area contributed by atoms with Crippen molar-refractivity contribution in [1.82, 2.24) is 14.5 Å². The van der Waals surface area contributed by atoms with Crippen LogP contribution < -0.4 is 4.74 Å². The molecule has 0 aliphatic rings. The molecule has 0 aliphatic carbocycles. The molecule has 23 heavy (non-hydrogen) atoms. The molecule has 0 atom stereocenters. The number of rotatable bonds is 4. The minimum absolute atomic E-state index is 0.140. The fourth-order valence-corrected chi connectivity index (χ4v) is 2.59. The molecule has 2 heterocycles. The molecule has 0 saturated carbocycles. The molecular formula is C17H17N3O3. The topological polar surface area (TPSA) is 77.2 Å². The molecule has 1 N–H and O–H groups in total. The Bertz CT molecular complexity index is 899. The van der Waals surface area contributed by atoms with Gasteiger partial charge in [-0.25, -0.2) is 14.8 Å². The normalized spacial score (nSPS) is 10.9. The summed E-state index contributed by atoms with van der Waals surface area (Å²) in [6.07, 6.45) is 1.79. The van der Waals surface area contributed by atoms with E-state index in [4.69, 9.17) is 4.74 Å². The minimum atomic E-state index is -1.01. The second kappa shape index (κ2) is 5.72. The van der Waals surface area contributed by atoms with E-state index in [9.17, 15) is 9.90 Å². The summed E-state index contributed by atoms with van der Waals surface area (Å²) in [5, 5.41) is 9.26. The van der Waals surface area contributed by atoms with E-state index in [2.05, 4.69) is 9.97 Å². The van der Waals surface area contributed by atoms with Crippen molar-refractivity contribution in [3.05, 3.63) is 47.4 Å². The standard InChI is InChI=1S/C17H17N3O3/c1-4-23-15-8-12(5-6-13(15)17(21)22)20-11(3)19-14-7-10(2)9-18-16(14)20/h5-9H,4H2,1-3H3,(H,21,22). The number of imidazole rings is 1. The highest BCUT2D eigenvalue weighted by Gasteiger charge is 2.16. The third-order valence-corrected chi connectivity index (χ3v) is 3.56. The Hall–Kier alpha value is -2.89. The number of benzene rings is 1. The molecule has 3 rings (SSSR count). The zero-order valence-corrected chi connectivity index (χ0v) is 13.2. The zero-order valence-electron chi connectivity index (χ0n) is 13.2. The Labute approximate surface area is 133 Å². The Balaban J connectivity index is 2.21. The van der Waals surface area contributed by atoms with Crippen LogP contribution in [0, 0.1) is 13.8 Å². The first-order valence-corrected chi connectivity index (χ1v) is 7.33. The number of nitrogens with zero attached hydrogens (tertiary/aromatic N) is 3. The van der Waals surface area contributed by atoms with Crippen molar-refractivity contribution in [2.45, 2.75) is 20.8 Å². The zero-order chi connectivity index (χ0) is 16.6. The number of aromatic nitrogens is 3. The Kier molecular flexibility index (Phi) is 3.73. The summed E-state index contributed by atoms with van der Waals surface area (Å²) in [6.45, 7) is 6.07. The predicted molar refractivity (Wildman–Crippen MR) is 86.5 cm³/mol. The van der Waals surface area contributed by atoms with E-state index in [0.717, 1.165) is 28.2 Å². The predicted octanol–water partition coefficient (Wildman–Crippen LogP) is 3.13. The molecule has 0 bridgehead atoms. The monoisotopic (exact) mass is 311 g/mol. The van der Waals surface area contributed by atoms with E-state index in [1.807, 2.05) is 31.4 Å². The summed E-state index contributed by atoms with van der Waals surface area (Å²) in [5.74, 6) is 0.107. The van der Waals surface area contributed by atoms with Gasteiger partial charge >= 0.3 is 5.97 Å². The van der Waals surface area contributed by atoms with Gasteiger partial charge in [0.15, 0.2) is 5.65 Å². The summed E-state index contributed by atoms with van der Waals surface area (Å²) < 4.78 is 7.36. The smallest absolute Gasteiger partial charge is 0.339 e. The fraction of sp³-hybridized carbons (Fsp3) is 0.235. The van der Waals surface area contributed by atoms with Crippen LogP contribution in [0.1, 0.15) is 28.7 Å². The van der Waals surface area contributed by atoms with E-state index in [1.165, 1.54) is 0 Å². The largest absolute Gasteiger partial charge is 0.493 e. The third-order valence-electron chi connectivity index (χ3n) is 3.56. The highest BCUT2D eigenvalue weighted by Crippen LogP contribution is 2.26. The first-order valence-electron chi connectivity index (χ1n) is 7.33. The lowest BCUT2D eigenvalue weighted by atomic mass is 10.1. The lowest BCUT2D eigenvalue weighted by Gasteiger charge is -2.11. The van der Waals surface area contributed by atoms with Gasteiger partial charge in [0, 0.05) is 12.3 Å². The lowest BCUT2D eigenvalue weighted by Crippen LogP contribution is -2.05. The van der Waals surface area contributed by atoms with Crippen LogP contribution in [0.25, 0.3) is 16.9 Å². The van der Waals surface area contributed by atoms with Crippen molar-refractivity contribution in [3.63, 3.8) is 0 Å². The van der Waals surface area contributed by atoms with Crippen LogP contribution in [0.5, 0.6) is 5.75 Å². The Morgan fingerprint density at radius 3 is 2.78 bits per heavy atom. The average molecular weight is 311 g/mol. The molecule has 0 unspecified atom stereocenters. The maximum absolute atomic E-state index is 11.3. The summed E-state index contributed by atoms with van der Waals surface area (Å²) >= 11 is 0. The van der Waals surface area contributed by atoms with Crippen LogP contribution in [0.2, 0.25) is 0 Å². The number of fused-ring (bicyclic) bond motifs is 1. The van der Waals surface area contributed by atoms with Crippen LogP contribution in [-0.4, -0.2) is 32.2 Å². The Morgan fingerprint density at radius 2 is 2.09 bits per heavy atom. The van der Waals surface area contributed by atoms with E-state index in [-0.39, 0.29) is 5.56 Å². The highest BCUT2D eigenvalue weighted by atomic mass is 16.5. The number of hydrogen-bond acceptors (Lipinski definition) is 4. The van der Waals surface area contributed by atoms with Gasteiger partial charge in [-0.15, -0.1) is 0 Å². The molecule has 0 amide bonds. The number of aryl methyl sites for hydroxylation is 2. The van der Waals surface area contributed by atoms with Crippen molar-refractivity contribution in [2.75, 3.05) is 6.61 Å². The quantitative estimate of drug-likeness (QED) is 0.801. The van der Waals surface area contributed by atoms with E-state index in [1.54, 1.807) is 24.4 Å². The number of ether oxygens (including phenoxy) is 1. The van der Waals surface area contributed by atoms with Gasteiger partial charge in [0.2, 0.25) is 0 Å². The molecule has 0 radical (unpaired) electrons. The molecule has 2 aromatic heterocycles. The first-order chi connectivity index (χ1) is 11.0. The van der Waals surface area contributed by atoms with E-state index >= 15 is 0 Å². The Morgan fingerprint density at radius 1 is 1.30 bits per heavy atom. The number of aromatic carboxylic acids is 1. The number of carboxylic acids is 1. The summed E-state index contributed by atoms with van der Waals surface area (Å²) in [6, 6.07) is 6.97. The highest BCUT2D eigenvalue weighted by molar-refractivity contribution is 5.91. The van der Waals surface area contributed by atoms with Crippen LogP contribution >= 0.6 is 0 Å². The first kappa shape index (κ1) is 15.0. The number of hydrogen-bond donors (Lipinski definition) is 1. The van der Waals surface area contributed by atoms with Crippen molar-refractivity contribution >= 4 is 17.1 Å². The summed E-state index contributed by atoms with van der Waals surface area (Å²) in [7, 11) is 0. The van der Waals surface area contributed by atoms with Gasteiger partial charge < -0.3 is 9.84 Å². The molecule has 3 aromatic rings. The van der Waals surface area contributed by atoms with E-state index < -0.39 is 5.97 Å². The van der Waals surface area contributed by atoms with Gasteiger partial charge in [0.25, 0.3) is 0 Å². The summed E-state index contributed by atoms with van der Waals surface area (Å²) in [4.78, 5) is 20.3. The molecule has 0 aliphatic heterocycles. The van der Waals surface area contributed by atoms with Gasteiger partial charge in [-0.1, -0.05) is 0 Å². The SMILES string of the molecule is CCOc1cc(-n2c(C)nc3cc(C)cnc32)ccc1C(=O)O.